The van der Waals surface area contributed by atoms with Crippen LogP contribution in [0.4, 0.5) is 17.5 Å². The summed E-state index contributed by atoms with van der Waals surface area (Å²) in [5, 5.41) is 18.5. The van der Waals surface area contributed by atoms with Gasteiger partial charge < -0.3 is 15.5 Å². The highest BCUT2D eigenvalue weighted by Gasteiger charge is 2.20. The third-order valence-corrected chi connectivity index (χ3v) is 7.33. The SMILES string of the molecule is CN(C)c1ccc(CN2CCN(c3ccc(-c4cc(-c5cnn(C)c5)cn5nc(N)c(C#N)c45)cn3)CC2)cn1. The third kappa shape index (κ3) is 4.81. The molecule has 0 radical (unpaired) electrons. The molecule has 2 N–H and O–H groups in total. The maximum absolute atomic E-state index is 9.80. The van der Waals surface area contributed by atoms with E-state index in [1.54, 1.807) is 15.4 Å². The van der Waals surface area contributed by atoms with E-state index in [0.717, 1.165) is 66.6 Å². The Kier molecular flexibility index (Phi) is 6.53. The first-order valence-corrected chi connectivity index (χ1v) is 13.2. The maximum atomic E-state index is 9.80. The van der Waals surface area contributed by atoms with Crippen molar-refractivity contribution in [2.24, 2.45) is 7.05 Å². The highest BCUT2D eigenvalue weighted by molar-refractivity contribution is 5.90. The molecule has 1 fully saturated rings. The van der Waals surface area contributed by atoms with Gasteiger partial charge in [0.25, 0.3) is 0 Å². The second-order valence-electron chi connectivity index (χ2n) is 10.3. The molecule has 5 aromatic rings. The molecular formula is C29H31N11. The highest BCUT2D eigenvalue weighted by atomic mass is 15.3. The van der Waals surface area contributed by atoms with Crippen molar-refractivity contribution in [1.82, 2.24) is 34.3 Å². The summed E-state index contributed by atoms with van der Waals surface area (Å²) in [5.74, 6) is 2.11. The number of piperazine rings is 1. The average Bonchev–Trinajstić information content (AvgIpc) is 3.55. The van der Waals surface area contributed by atoms with Crippen molar-refractivity contribution in [2.75, 3.05) is 55.8 Å². The molecule has 6 heterocycles. The van der Waals surface area contributed by atoms with Gasteiger partial charge in [-0.25, -0.2) is 14.5 Å². The molecule has 0 bridgehead atoms. The zero-order chi connectivity index (χ0) is 27.8. The van der Waals surface area contributed by atoms with Crippen molar-refractivity contribution < 1.29 is 0 Å². The second kappa shape index (κ2) is 10.3. The van der Waals surface area contributed by atoms with Crippen LogP contribution in [-0.2, 0) is 13.6 Å². The van der Waals surface area contributed by atoms with E-state index < -0.39 is 0 Å². The fourth-order valence-electron chi connectivity index (χ4n) is 5.16. The highest BCUT2D eigenvalue weighted by Crippen LogP contribution is 2.34. The molecule has 1 saturated heterocycles. The summed E-state index contributed by atoms with van der Waals surface area (Å²) in [6, 6.07) is 12.6. The van der Waals surface area contributed by atoms with E-state index in [1.165, 1.54) is 5.56 Å². The summed E-state index contributed by atoms with van der Waals surface area (Å²) < 4.78 is 3.44. The summed E-state index contributed by atoms with van der Waals surface area (Å²) in [4.78, 5) is 16.1. The Labute approximate surface area is 232 Å². The van der Waals surface area contributed by atoms with E-state index in [2.05, 4.69) is 49.2 Å². The molecule has 0 aliphatic carbocycles. The molecule has 5 aromatic heterocycles. The molecule has 1 aliphatic heterocycles. The summed E-state index contributed by atoms with van der Waals surface area (Å²) >= 11 is 0. The number of fused-ring (bicyclic) bond motifs is 1. The molecule has 1 aliphatic rings. The van der Waals surface area contributed by atoms with Crippen LogP contribution >= 0.6 is 0 Å². The Balaban J connectivity index is 1.21. The molecular weight excluding hydrogens is 502 g/mol. The summed E-state index contributed by atoms with van der Waals surface area (Å²) in [6.45, 7) is 4.59. The smallest absolute Gasteiger partial charge is 0.164 e. The Bertz CT molecular complexity index is 1680. The largest absolute Gasteiger partial charge is 0.381 e. The van der Waals surface area contributed by atoms with Crippen molar-refractivity contribution in [3.8, 4) is 28.3 Å². The topological polar surface area (TPSA) is 120 Å². The maximum Gasteiger partial charge on any atom is 0.164 e. The fraction of sp³-hybridized carbons (Fsp3) is 0.276. The minimum atomic E-state index is 0.207. The van der Waals surface area contributed by atoms with Crippen LogP contribution in [0.2, 0.25) is 0 Å². The van der Waals surface area contributed by atoms with Crippen molar-refractivity contribution in [3.63, 3.8) is 0 Å². The van der Waals surface area contributed by atoms with Gasteiger partial charge in [-0.1, -0.05) is 6.07 Å². The summed E-state index contributed by atoms with van der Waals surface area (Å²) in [5.41, 5.74) is 12.0. The first-order valence-electron chi connectivity index (χ1n) is 13.2. The van der Waals surface area contributed by atoms with E-state index in [0.29, 0.717) is 11.1 Å². The minimum Gasteiger partial charge on any atom is -0.381 e. The van der Waals surface area contributed by atoms with Gasteiger partial charge in [-0.2, -0.15) is 10.4 Å². The predicted octanol–water partition coefficient (Wildman–Crippen LogP) is 3.03. The third-order valence-electron chi connectivity index (χ3n) is 7.33. The molecule has 11 heteroatoms. The van der Waals surface area contributed by atoms with Gasteiger partial charge in [0, 0.05) is 101 Å². The molecule has 0 spiro atoms. The molecule has 0 aromatic carbocycles. The van der Waals surface area contributed by atoms with Gasteiger partial charge in [-0.05, 0) is 29.8 Å². The quantitative estimate of drug-likeness (QED) is 0.351. The van der Waals surface area contributed by atoms with Gasteiger partial charge in [-0.15, -0.1) is 5.10 Å². The second-order valence-corrected chi connectivity index (χ2v) is 10.3. The lowest BCUT2D eigenvalue weighted by molar-refractivity contribution is 0.249. The Hall–Kier alpha value is -4.95. The lowest BCUT2D eigenvalue weighted by Crippen LogP contribution is -2.46. The first kappa shape index (κ1) is 25.3. The van der Waals surface area contributed by atoms with E-state index >= 15 is 0 Å². The predicted molar refractivity (Wildman–Crippen MR) is 156 cm³/mol. The number of hydrogen-bond donors (Lipinski definition) is 1. The monoisotopic (exact) mass is 533 g/mol. The summed E-state index contributed by atoms with van der Waals surface area (Å²) in [7, 11) is 5.88. The van der Waals surface area contributed by atoms with Gasteiger partial charge in [0.05, 0.1) is 11.7 Å². The molecule has 0 amide bonds. The van der Waals surface area contributed by atoms with Crippen LogP contribution in [0.3, 0.4) is 0 Å². The Morgan fingerprint density at radius 1 is 0.950 bits per heavy atom. The van der Waals surface area contributed by atoms with Crippen LogP contribution in [0.5, 0.6) is 0 Å². The number of hydrogen-bond acceptors (Lipinski definition) is 9. The number of anilines is 3. The zero-order valence-corrected chi connectivity index (χ0v) is 22.9. The van der Waals surface area contributed by atoms with Gasteiger partial charge in [0.1, 0.15) is 23.3 Å². The van der Waals surface area contributed by atoms with E-state index in [1.807, 2.05) is 63.0 Å². The molecule has 0 atom stereocenters. The van der Waals surface area contributed by atoms with Crippen LogP contribution in [0.25, 0.3) is 27.8 Å². The minimum absolute atomic E-state index is 0.207. The fourth-order valence-corrected chi connectivity index (χ4v) is 5.16. The first-order chi connectivity index (χ1) is 19.4. The van der Waals surface area contributed by atoms with Crippen LogP contribution < -0.4 is 15.5 Å². The van der Waals surface area contributed by atoms with E-state index in [-0.39, 0.29) is 5.82 Å². The summed E-state index contributed by atoms with van der Waals surface area (Å²) in [6.07, 6.45) is 9.46. The molecule has 0 unspecified atom stereocenters. The number of nitriles is 1. The van der Waals surface area contributed by atoms with Crippen molar-refractivity contribution in [3.05, 3.63) is 72.4 Å². The average molecular weight is 534 g/mol. The lowest BCUT2D eigenvalue weighted by atomic mass is 10.0. The van der Waals surface area contributed by atoms with E-state index in [4.69, 9.17) is 10.7 Å². The van der Waals surface area contributed by atoms with Crippen LogP contribution in [0.15, 0.2) is 61.3 Å². The lowest BCUT2D eigenvalue weighted by Gasteiger charge is -2.35. The number of pyridine rings is 3. The molecule has 40 heavy (non-hydrogen) atoms. The standard InChI is InChI=1S/C29H31N11/c1-36(2)26-6-4-20(14-32-26)17-38-8-10-39(11-9-38)27-7-5-21(15-33-27)24-12-22(23-16-34-37(3)18-23)19-40-28(24)25(13-30)29(31)35-40/h4-7,12,14-16,18-19H,8-11,17H2,1-3H3,(H2,31,35). The van der Waals surface area contributed by atoms with Gasteiger partial charge in [0.2, 0.25) is 0 Å². The van der Waals surface area contributed by atoms with Crippen molar-refractivity contribution in [2.45, 2.75) is 6.54 Å². The number of aromatic nitrogens is 6. The van der Waals surface area contributed by atoms with Crippen molar-refractivity contribution in [1.29, 1.82) is 5.26 Å². The molecule has 6 rings (SSSR count). The van der Waals surface area contributed by atoms with Crippen LogP contribution in [-0.4, -0.2) is 74.5 Å². The number of nitrogens with zero attached hydrogens (tertiary/aromatic N) is 10. The normalized spacial score (nSPS) is 14.0. The van der Waals surface area contributed by atoms with Crippen LogP contribution in [0, 0.1) is 11.3 Å². The molecule has 202 valence electrons. The van der Waals surface area contributed by atoms with Gasteiger partial charge in [0.15, 0.2) is 5.82 Å². The molecule has 11 nitrogen and oxygen atoms in total. The number of aryl methyl sites for hydroxylation is 1. The number of rotatable bonds is 6. The van der Waals surface area contributed by atoms with E-state index in [9.17, 15) is 5.26 Å². The Morgan fingerprint density at radius 3 is 2.40 bits per heavy atom. The number of nitrogen functional groups attached to an aromatic ring is 1. The molecule has 0 saturated carbocycles. The number of nitrogens with two attached hydrogens (primary N) is 1. The Morgan fingerprint density at radius 2 is 1.77 bits per heavy atom. The zero-order valence-electron chi connectivity index (χ0n) is 22.9. The van der Waals surface area contributed by atoms with Gasteiger partial charge >= 0.3 is 0 Å². The van der Waals surface area contributed by atoms with Gasteiger partial charge in [-0.3, -0.25) is 9.58 Å². The van der Waals surface area contributed by atoms with Crippen LogP contribution in [0.1, 0.15) is 11.1 Å². The van der Waals surface area contributed by atoms with Crippen molar-refractivity contribution >= 4 is 23.0 Å².